The number of aliphatic hydroxyl groups is 1. The molecule has 0 aromatic heterocycles. The minimum absolute atomic E-state index is 0.527. The monoisotopic (exact) mass is 213 g/mol. The lowest BCUT2D eigenvalue weighted by Crippen LogP contribution is -2.37. The van der Waals surface area contributed by atoms with E-state index in [-0.39, 0.29) is 0 Å². The van der Waals surface area contributed by atoms with Crippen LogP contribution in [0.4, 0.5) is 0 Å². The third-order valence-corrected chi connectivity index (χ3v) is 3.50. The zero-order valence-corrected chi connectivity index (χ0v) is 10.6. The fourth-order valence-corrected chi connectivity index (χ4v) is 2.36. The minimum Gasteiger partial charge on any atom is -0.390 e. The molecule has 1 aliphatic rings. The van der Waals surface area contributed by atoms with E-state index in [1.165, 1.54) is 32.1 Å². The van der Waals surface area contributed by atoms with Gasteiger partial charge in [-0.3, -0.25) is 0 Å². The van der Waals surface area contributed by atoms with Crippen LogP contribution in [0.5, 0.6) is 0 Å². The summed E-state index contributed by atoms with van der Waals surface area (Å²) in [5.74, 6) is 0.800. The van der Waals surface area contributed by atoms with E-state index in [9.17, 15) is 5.11 Å². The Morgan fingerprint density at radius 1 is 1.20 bits per heavy atom. The van der Waals surface area contributed by atoms with Gasteiger partial charge in [0.05, 0.1) is 5.60 Å². The van der Waals surface area contributed by atoms with Gasteiger partial charge in [0, 0.05) is 6.04 Å². The molecule has 0 aliphatic heterocycles. The van der Waals surface area contributed by atoms with Crippen molar-refractivity contribution < 1.29 is 5.11 Å². The molecule has 1 aliphatic carbocycles. The highest BCUT2D eigenvalue weighted by Crippen LogP contribution is 2.23. The number of hydrogen-bond acceptors (Lipinski definition) is 2. The molecule has 2 nitrogen and oxygen atoms in total. The van der Waals surface area contributed by atoms with E-state index >= 15 is 0 Å². The number of nitrogens with one attached hydrogen (secondary N) is 1. The zero-order valence-electron chi connectivity index (χ0n) is 10.6. The van der Waals surface area contributed by atoms with E-state index in [1.54, 1.807) is 0 Å². The summed E-state index contributed by atoms with van der Waals surface area (Å²) in [6.45, 7) is 7.06. The maximum atomic E-state index is 9.63. The summed E-state index contributed by atoms with van der Waals surface area (Å²) in [4.78, 5) is 0. The molecule has 90 valence electrons. The lowest BCUT2D eigenvalue weighted by atomic mass is 9.96. The van der Waals surface area contributed by atoms with E-state index in [0.29, 0.717) is 6.04 Å². The second-order valence-electron chi connectivity index (χ2n) is 5.74. The fourth-order valence-electron chi connectivity index (χ4n) is 2.36. The van der Waals surface area contributed by atoms with E-state index < -0.39 is 5.60 Å². The van der Waals surface area contributed by atoms with Gasteiger partial charge in [0.2, 0.25) is 0 Å². The molecule has 1 rings (SSSR count). The van der Waals surface area contributed by atoms with Crippen LogP contribution < -0.4 is 5.32 Å². The average Bonchev–Trinajstić information content (AvgIpc) is 2.30. The predicted molar refractivity (Wildman–Crippen MR) is 65.0 cm³/mol. The quantitative estimate of drug-likeness (QED) is 0.704. The molecule has 0 amide bonds. The van der Waals surface area contributed by atoms with Crippen LogP contribution in [0.2, 0.25) is 0 Å². The van der Waals surface area contributed by atoms with Gasteiger partial charge in [0.25, 0.3) is 0 Å². The molecule has 0 heterocycles. The molecule has 0 aromatic carbocycles. The van der Waals surface area contributed by atoms with Crippen LogP contribution in [0.1, 0.15) is 59.3 Å². The molecule has 2 atom stereocenters. The molecule has 0 bridgehead atoms. The topological polar surface area (TPSA) is 32.3 Å². The SMILES string of the molecule is CC1CCCCCC1NCCC(C)(C)O. The van der Waals surface area contributed by atoms with Crippen LogP contribution in [-0.4, -0.2) is 23.3 Å². The van der Waals surface area contributed by atoms with Crippen molar-refractivity contribution in [3.05, 3.63) is 0 Å². The van der Waals surface area contributed by atoms with Crippen molar-refractivity contribution in [3.8, 4) is 0 Å². The molecule has 1 fully saturated rings. The van der Waals surface area contributed by atoms with Gasteiger partial charge in [-0.1, -0.05) is 26.2 Å². The van der Waals surface area contributed by atoms with Crippen molar-refractivity contribution in [2.24, 2.45) is 5.92 Å². The Balaban J connectivity index is 2.23. The molecular weight excluding hydrogens is 186 g/mol. The summed E-state index contributed by atoms with van der Waals surface area (Å²) >= 11 is 0. The lowest BCUT2D eigenvalue weighted by Gasteiger charge is -2.25. The van der Waals surface area contributed by atoms with Crippen LogP contribution in [0.25, 0.3) is 0 Å². The van der Waals surface area contributed by atoms with Gasteiger partial charge in [-0.05, 0) is 45.6 Å². The van der Waals surface area contributed by atoms with E-state index in [2.05, 4.69) is 12.2 Å². The first kappa shape index (κ1) is 13.0. The second-order valence-corrected chi connectivity index (χ2v) is 5.74. The summed E-state index contributed by atoms with van der Waals surface area (Å²) in [5.41, 5.74) is -0.527. The second kappa shape index (κ2) is 5.86. The molecular formula is C13H27NO. The maximum absolute atomic E-state index is 9.63. The molecule has 0 spiro atoms. The van der Waals surface area contributed by atoms with Crippen LogP contribution >= 0.6 is 0 Å². The molecule has 2 N–H and O–H groups in total. The molecule has 15 heavy (non-hydrogen) atoms. The first-order valence-corrected chi connectivity index (χ1v) is 6.45. The lowest BCUT2D eigenvalue weighted by molar-refractivity contribution is 0.0695. The zero-order chi connectivity index (χ0) is 11.3. The summed E-state index contributed by atoms with van der Waals surface area (Å²) in [7, 11) is 0. The van der Waals surface area contributed by atoms with Crippen LogP contribution in [-0.2, 0) is 0 Å². The fraction of sp³-hybridized carbons (Fsp3) is 1.00. The van der Waals surface area contributed by atoms with Gasteiger partial charge in [-0.2, -0.15) is 0 Å². The molecule has 1 saturated carbocycles. The molecule has 0 aromatic rings. The predicted octanol–water partition coefficient (Wildman–Crippen LogP) is 2.71. The van der Waals surface area contributed by atoms with Crippen LogP contribution in [0.15, 0.2) is 0 Å². The Hall–Kier alpha value is -0.0800. The van der Waals surface area contributed by atoms with Gasteiger partial charge in [-0.25, -0.2) is 0 Å². The highest BCUT2D eigenvalue weighted by molar-refractivity contribution is 4.78. The van der Waals surface area contributed by atoms with Crippen molar-refractivity contribution in [3.63, 3.8) is 0 Å². The van der Waals surface area contributed by atoms with Gasteiger partial charge in [0.1, 0.15) is 0 Å². The van der Waals surface area contributed by atoms with Crippen molar-refractivity contribution in [1.82, 2.24) is 5.32 Å². The summed E-state index contributed by atoms with van der Waals surface area (Å²) in [6, 6.07) is 0.676. The van der Waals surface area contributed by atoms with Crippen molar-refractivity contribution in [2.45, 2.75) is 70.9 Å². The number of rotatable bonds is 4. The van der Waals surface area contributed by atoms with Crippen molar-refractivity contribution in [2.75, 3.05) is 6.54 Å². The normalized spacial score (nSPS) is 28.8. The van der Waals surface area contributed by atoms with Gasteiger partial charge >= 0.3 is 0 Å². The van der Waals surface area contributed by atoms with Gasteiger partial charge in [0.15, 0.2) is 0 Å². The van der Waals surface area contributed by atoms with E-state index in [4.69, 9.17) is 0 Å². The maximum Gasteiger partial charge on any atom is 0.0603 e. The summed E-state index contributed by atoms with van der Waals surface area (Å²) < 4.78 is 0. The molecule has 0 radical (unpaired) electrons. The smallest absolute Gasteiger partial charge is 0.0603 e. The standard InChI is InChI=1S/C13H27NO/c1-11-7-5-4-6-8-12(11)14-10-9-13(2,3)15/h11-12,14-15H,4-10H2,1-3H3. The highest BCUT2D eigenvalue weighted by atomic mass is 16.3. The Morgan fingerprint density at radius 2 is 1.87 bits per heavy atom. The highest BCUT2D eigenvalue weighted by Gasteiger charge is 2.20. The van der Waals surface area contributed by atoms with E-state index in [1.807, 2.05) is 13.8 Å². The van der Waals surface area contributed by atoms with Gasteiger partial charge < -0.3 is 10.4 Å². The third-order valence-electron chi connectivity index (χ3n) is 3.50. The van der Waals surface area contributed by atoms with Gasteiger partial charge in [-0.15, -0.1) is 0 Å². The van der Waals surface area contributed by atoms with Crippen LogP contribution in [0, 0.1) is 5.92 Å². The van der Waals surface area contributed by atoms with Crippen LogP contribution in [0.3, 0.4) is 0 Å². The molecule has 0 saturated heterocycles. The van der Waals surface area contributed by atoms with Crippen molar-refractivity contribution >= 4 is 0 Å². The summed E-state index contributed by atoms with van der Waals surface area (Å²) in [6.07, 6.45) is 7.67. The average molecular weight is 213 g/mol. The summed E-state index contributed by atoms with van der Waals surface area (Å²) in [5, 5.41) is 13.2. The third kappa shape index (κ3) is 5.53. The minimum atomic E-state index is -0.527. The Bertz CT molecular complexity index is 174. The Kier molecular flexibility index (Phi) is 5.07. The van der Waals surface area contributed by atoms with E-state index in [0.717, 1.165) is 18.9 Å². The molecule has 2 heteroatoms. The first-order chi connectivity index (χ1) is 6.99. The molecule has 2 unspecified atom stereocenters. The Morgan fingerprint density at radius 3 is 2.53 bits per heavy atom. The van der Waals surface area contributed by atoms with Crippen molar-refractivity contribution in [1.29, 1.82) is 0 Å². The largest absolute Gasteiger partial charge is 0.390 e. The first-order valence-electron chi connectivity index (χ1n) is 6.45. The Labute approximate surface area is 94.5 Å². The number of hydrogen-bond donors (Lipinski definition) is 2.